The van der Waals surface area contributed by atoms with E-state index in [-0.39, 0.29) is 5.91 Å². The zero-order valence-electron chi connectivity index (χ0n) is 9.80. The van der Waals surface area contributed by atoms with Crippen LogP contribution in [0.2, 0.25) is 5.02 Å². The van der Waals surface area contributed by atoms with Crippen LogP contribution in [0.5, 0.6) is 0 Å². The Morgan fingerprint density at radius 2 is 2.06 bits per heavy atom. The van der Waals surface area contributed by atoms with E-state index >= 15 is 0 Å². The highest BCUT2D eigenvalue weighted by molar-refractivity contribution is 6.30. The highest BCUT2D eigenvalue weighted by atomic mass is 35.5. The second kappa shape index (κ2) is 5.40. The molecule has 0 spiro atoms. The third-order valence-corrected chi connectivity index (χ3v) is 3.43. The maximum Gasteiger partial charge on any atom is 0.316 e. The number of amides is 1. The minimum Gasteiger partial charge on any atom is -0.481 e. The van der Waals surface area contributed by atoms with Crippen LogP contribution in [-0.4, -0.2) is 35.0 Å². The molecule has 1 aliphatic heterocycles. The van der Waals surface area contributed by atoms with Crippen LogP contribution in [0.4, 0.5) is 0 Å². The summed E-state index contributed by atoms with van der Waals surface area (Å²) in [4.78, 5) is 24.2. The highest BCUT2D eigenvalue weighted by Gasteiger charge is 2.36. The van der Waals surface area contributed by atoms with Gasteiger partial charge >= 0.3 is 5.97 Å². The van der Waals surface area contributed by atoms with Gasteiger partial charge in [-0.15, -0.1) is 0 Å². The number of carboxylic acid groups (broad SMARTS) is 1. The Kier molecular flexibility index (Phi) is 3.87. The second-order valence-corrected chi connectivity index (χ2v) is 4.82. The summed E-state index contributed by atoms with van der Waals surface area (Å²) in [5.74, 6) is -2.14. The zero-order valence-corrected chi connectivity index (χ0v) is 10.6. The van der Waals surface area contributed by atoms with Crippen LogP contribution in [0.25, 0.3) is 0 Å². The fraction of sp³-hybridized carbons (Fsp3) is 0.385. The standard InChI is InChI=1S/C13H14ClNO3/c14-10-3-1-9(2-4-10)5-7-15-8-6-11(12(15)16)13(17)18/h1-4,11H,5-8H2,(H,17,18). The number of aliphatic carboxylic acids is 1. The van der Waals surface area contributed by atoms with Crippen molar-refractivity contribution >= 4 is 23.5 Å². The fourth-order valence-electron chi connectivity index (χ4n) is 2.11. The van der Waals surface area contributed by atoms with Gasteiger partial charge in [0, 0.05) is 18.1 Å². The molecular formula is C13H14ClNO3. The number of halogens is 1. The first-order chi connectivity index (χ1) is 8.58. The summed E-state index contributed by atoms with van der Waals surface area (Å²) in [6.45, 7) is 1.09. The molecule has 1 unspecified atom stereocenters. The van der Waals surface area contributed by atoms with E-state index in [1.54, 1.807) is 4.90 Å². The molecule has 0 bridgehead atoms. The van der Waals surface area contributed by atoms with Crippen LogP contribution in [0.1, 0.15) is 12.0 Å². The van der Waals surface area contributed by atoms with Gasteiger partial charge in [-0.25, -0.2) is 0 Å². The first kappa shape index (κ1) is 12.9. The molecule has 1 aromatic carbocycles. The van der Waals surface area contributed by atoms with Crippen molar-refractivity contribution < 1.29 is 14.7 Å². The van der Waals surface area contributed by atoms with Gasteiger partial charge in [-0.2, -0.15) is 0 Å². The molecule has 1 saturated heterocycles. The van der Waals surface area contributed by atoms with Crippen LogP contribution < -0.4 is 0 Å². The summed E-state index contributed by atoms with van der Waals surface area (Å²) in [5.41, 5.74) is 1.09. The first-order valence-corrected chi connectivity index (χ1v) is 6.22. The average Bonchev–Trinajstić information content (AvgIpc) is 2.70. The first-order valence-electron chi connectivity index (χ1n) is 5.84. The van der Waals surface area contributed by atoms with Crippen LogP contribution in [-0.2, 0) is 16.0 Å². The lowest BCUT2D eigenvalue weighted by molar-refractivity contribution is -0.147. The summed E-state index contributed by atoms with van der Waals surface area (Å²) in [6.07, 6.45) is 1.13. The average molecular weight is 268 g/mol. The molecule has 1 atom stereocenters. The van der Waals surface area contributed by atoms with Crippen molar-refractivity contribution in [3.8, 4) is 0 Å². The van der Waals surface area contributed by atoms with E-state index in [1.165, 1.54) is 0 Å². The number of benzene rings is 1. The second-order valence-electron chi connectivity index (χ2n) is 4.38. The van der Waals surface area contributed by atoms with Gasteiger partial charge in [-0.3, -0.25) is 9.59 Å². The lowest BCUT2D eigenvalue weighted by atomic mass is 10.1. The molecule has 4 nitrogen and oxygen atoms in total. The molecule has 0 aliphatic carbocycles. The number of hydrogen-bond donors (Lipinski definition) is 1. The maximum absolute atomic E-state index is 11.7. The smallest absolute Gasteiger partial charge is 0.316 e. The number of hydrogen-bond acceptors (Lipinski definition) is 2. The summed E-state index contributed by atoms with van der Waals surface area (Å²) >= 11 is 5.79. The Hall–Kier alpha value is -1.55. The van der Waals surface area contributed by atoms with Gasteiger partial charge in [0.2, 0.25) is 5.91 Å². The Labute approximate surface area is 110 Å². The van der Waals surface area contributed by atoms with Crippen molar-refractivity contribution in [2.45, 2.75) is 12.8 Å². The van der Waals surface area contributed by atoms with Gasteiger partial charge in [0.1, 0.15) is 5.92 Å². The molecule has 1 heterocycles. The van der Waals surface area contributed by atoms with Gasteiger partial charge in [0.25, 0.3) is 0 Å². The lowest BCUT2D eigenvalue weighted by Crippen LogP contribution is -2.31. The summed E-state index contributed by atoms with van der Waals surface area (Å²) in [7, 11) is 0. The molecule has 96 valence electrons. The van der Waals surface area contributed by atoms with E-state index < -0.39 is 11.9 Å². The Bertz CT molecular complexity index is 458. The highest BCUT2D eigenvalue weighted by Crippen LogP contribution is 2.19. The zero-order chi connectivity index (χ0) is 13.1. The molecule has 0 radical (unpaired) electrons. The number of rotatable bonds is 4. The third-order valence-electron chi connectivity index (χ3n) is 3.18. The van der Waals surface area contributed by atoms with Gasteiger partial charge < -0.3 is 10.0 Å². The Morgan fingerprint density at radius 1 is 1.39 bits per heavy atom. The third kappa shape index (κ3) is 2.82. The molecule has 0 saturated carbocycles. The van der Waals surface area contributed by atoms with E-state index in [2.05, 4.69) is 0 Å². The molecule has 1 aromatic rings. The van der Waals surface area contributed by atoms with Gasteiger partial charge in [-0.05, 0) is 30.5 Å². The van der Waals surface area contributed by atoms with Crippen molar-refractivity contribution in [1.29, 1.82) is 0 Å². The normalized spacial score (nSPS) is 19.3. The van der Waals surface area contributed by atoms with Crippen molar-refractivity contribution in [1.82, 2.24) is 4.90 Å². The predicted molar refractivity (Wildman–Crippen MR) is 67.5 cm³/mol. The van der Waals surface area contributed by atoms with Crippen molar-refractivity contribution in [2.24, 2.45) is 5.92 Å². The molecule has 5 heteroatoms. The number of carbonyl (C=O) groups is 2. The molecule has 1 aliphatic rings. The maximum atomic E-state index is 11.7. The summed E-state index contributed by atoms with van der Waals surface area (Å²) < 4.78 is 0. The van der Waals surface area contributed by atoms with Crippen LogP contribution >= 0.6 is 11.6 Å². The topological polar surface area (TPSA) is 57.6 Å². The number of carboxylic acids is 1. The fourth-order valence-corrected chi connectivity index (χ4v) is 2.23. The monoisotopic (exact) mass is 267 g/mol. The largest absolute Gasteiger partial charge is 0.481 e. The number of nitrogens with zero attached hydrogens (tertiary/aromatic N) is 1. The van der Waals surface area contributed by atoms with E-state index in [4.69, 9.17) is 16.7 Å². The SMILES string of the molecule is O=C(O)C1CCN(CCc2ccc(Cl)cc2)C1=O. The number of likely N-dealkylation sites (tertiary alicyclic amines) is 1. The molecule has 1 N–H and O–H groups in total. The molecule has 2 rings (SSSR count). The van der Waals surface area contributed by atoms with E-state index in [9.17, 15) is 9.59 Å². The minimum atomic E-state index is -1.02. The quantitative estimate of drug-likeness (QED) is 0.847. The van der Waals surface area contributed by atoms with Crippen LogP contribution in [0.3, 0.4) is 0 Å². The van der Waals surface area contributed by atoms with Crippen LogP contribution in [0.15, 0.2) is 24.3 Å². The van der Waals surface area contributed by atoms with E-state index in [0.29, 0.717) is 24.5 Å². The summed E-state index contributed by atoms with van der Waals surface area (Å²) in [5, 5.41) is 9.54. The van der Waals surface area contributed by atoms with Crippen molar-refractivity contribution in [3.05, 3.63) is 34.9 Å². The molecule has 1 fully saturated rings. The van der Waals surface area contributed by atoms with Gasteiger partial charge in [0.05, 0.1) is 0 Å². The molecule has 18 heavy (non-hydrogen) atoms. The van der Waals surface area contributed by atoms with Gasteiger partial charge in [-0.1, -0.05) is 23.7 Å². The molecular weight excluding hydrogens is 254 g/mol. The Balaban J connectivity index is 1.90. The van der Waals surface area contributed by atoms with E-state index in [1.807, 2.05) is 24.3 Å². The summed E-state index contributed by atoms with van der Waals surface area (Å²) in [6, 6.07) is 7.45. The lowest BCUT2D eigenvalue weighted by Gasteiger charge is -2.15. The van der Waals surface area contributed by atoms with Crippen molar-refractivity contribution in [3.63, 3.8) is 0 Å². The van der Waals surface area contributed by atoms with Gasteiger partial charge in [0.15, 0.2) is 0 Å². The van der Waals surface area contributed by atoms with E-state index in [0.717, 1.165) is 12.0 Å². The number of carbonyl (C=O) groups excluding carboxylic acids is 1. The van der Waals surface area contributed by atoms with Crippen LogP contribution in [0, 0.1) is 5.92 Å². The Morgan fingerprint density at radius 3 is 2.61 bits per heavy atom. The van der Waals surface area contributed by atoms with Crippen molar-refractivity contribution in [2.75, 3.05) is 13.1 Å². The minimum absolute atomic E-state index is 0.267. The molecule has 1 amide bonds. The molecule has 0 aromatic heterocycles. The predicted octanol–water partition coefficient (Wildman–Crippen LogP) is 1.82.